The summed E-state index contributed by atoms with van der Waals surface area (Å²) in [5.41, 5.74) is 0. The van der Waals surface area contributed by atoms with E-state index in [2.05, 4.69) is 12.2 Å². The maximum atomic E-state index is 10.3. The van der Waals surface area contributed by atoms with Crippen LogP contribution in [0.25, 0.3) is 0 Å². The fraction of sp³-hybridized carbons (Fsp3) is 0.900. The molecule has 0 saturated carbocycles. The van der Waals surface area contributed by atoms with Gasteiger partial charge in [-0.2, -0.15) is 0 Å². The first-order chi connectivity index (χ1) is 6.20. The van der Waals surface area contributed by atoms with Gasteiger partial charge in [-0.15, -0.1) is 0 Å². The van der Waals surface area contributed by atoms with E-state index in [0.29, 0.717) is 0 Å². The Morgan fingerprint density at radius 3 is 2.46 bits per heavy atom. The molecule has 3 heteroatoms. The van der Waals surface area contributed by atoms with Gasteiger partial charge in [0.25, 0.3) is 0 Å². The molecule has 78 valence electrons. The normalized spacial score (nSPS) is 12.5. The van der Waals surface area contributed by atoms with Crippen LogP contribution in [0, 0.1) is 0 Å². The molecular weight excluding hydrogens is 166 g/mol. The molecule has 0 aromatic rings. The number of rotatable bonds is 7. The Morgan fingerprint density at radius 2 is 2.00 bits per heavy atom. The van der Waals surface area contributed by atoms with Crippen LogP contribution in [0.4, 0.5) is 4.79 Å². The fourth-order valence-corrected chi connectivity index (χ4v) is 1.37. The predicted molar refractivity (Wildman–Crippen MR) is 54.0 cm³/mol. The van der Waals surface area contributed by atoms with Crippen LogP contribution < -0.4 is 5.32 Å². The second-order valence-corrected chi connectivity index (χ2v) is 3.40. The molecule has 0 saturated heterocycles. The van der Waals surface area contributed by atoms with Crippen LogP contribution in [0.15, 0.2) is 0 Å². The van der Waals surface area contributed by atoms with Gasteiger partial charge in [0.1, 0.15) is 0 Å². The molecule has 0 bridgehead atoms. The minimum absolute atomic E-state index is 0.148. The summed E-state index contributed by atoms with van der Waals surface area (Å²) >= 11 is 0. The predicted octanol–water partition coefficient (Wildman–Crippen LogP) is 3.00. The fourth-order valence-electron chi connectivity index (χ4n) is 1.37. The first kappa shape index (κ1) is 12.3. The van der Waals surface area contributed by atoms with E-state index in [0.717, 1.165) is 19.3 Å². The Hall–Kier alpha value is -0.730. The molecule has 13 heavy (non-hydrogen) atoms. The van der Waals surface area contributed by atoms with Crippen LogP contribution >= 0.6 is 0 Å². The molecule has 2 N–H and O–H groups in total. The first-order valence-electron chi connectivity index (χ1n) is 5.20. The maximum Gasteiger partial charge on any atom is 0.404 e. The van der Waals surface area contributed by atoms with Gasteiger partial charge in [-0.3, -0.25) is 0 Å². The van der Waals surface area contributed by atoms with Crippen LogP contribution in [0.2, 0.25) is 0 Å². The third-order valence-corrected chi connectivity index (χ3v) is 2.23. The third-order valence-electron chi connectivity index (χ3n) is 2.23. The zero-order valence-corrected chi connectivity index (χ0v) is 8.68. The Bertz CT molecular complexity index is 137. The van der Waals surface area contributed by atoms with Crippen molar-refractivity contribution in [3.63, 3.8) is 0 Å². The Labute approximate surface area is 80.5 Å². The van der Waals surface area contributed by atoms with Crippen LogP contribution in [-0.4, -0.2) is 17.2 Å². The Balaban J connectivity index is 3.42. The molecule has 0 aliphatic carbocycles. The molecule has 0 radical (unpaired) electrons. The quantitative estimate of drug-likeness (QED) is 0.602. The van der Waals surface area contributed by atoms with Crippen LogP contribution in [0.1, 0.15) is 52.4 Å². The zero-order chi connectivity index (χ0) is 10.1. The number of nitrogens with one attached hydrogen (secondary N) is 1. The first-order valence-corrected chi connectivity index (χ1v) is 5.20. The Kier molecular flexibility index (Phi) is 7.45. The summed E-state index contributed by atoms with van der Waals surface area (Å²) < 4.78 is 0. The molecule has 0 aromatic carbocycles. The van der Waals surface area contributed by atoms with Gasteiger partial charge in [0.2, 0.25) is 0 Å². The van der Waals surface area contributed by atoms with E-state index in [9.17, 15) is 4.79 Å². The number of hydrogen-bond donors (Lipinski definition) is 2. The number of unbranched alkanes of at least 4 members (excludes halogenated alkanes) is 3. The van der Waals surface area contributed by atoms with Crippen LogP contribution in [-0.2, 0) is 0 Å². The lowest BCUT2D eigenvalue weighted by molar-refractivity contribution is 0.188. The topological polar surface area (TPSA) is 49.3 Å². The summed E-state index contributed by atoms with van der Waals surface area (Å²) in [6.45, 7) is 4.19. The molecule has 1 unspecified atom stereocenters. The van der Waals surface area contributed by atoms with Gasteiger partial charge in [-0.05, 0) is 12.8 Å². The van der Waals surface area contributed by atoms with Crippen molar-refractivity contribution in [2.45, 2.75) is 58.4 Å². The summed E-state index contributed by atoms with van der Waals surface area (Å²) in [5, 5.41) is 11.0. The largest absolute Gasteiger partial charge is 0.465 e. The van der Waals surface area contributed by atoms with Crippen molar-refractivity contribution in [2.75, 3.05) is 0 Å². The maximum absolute atomic E-state index is 10.3. The van der Waals surface area contributed by atoms with E-state index in [-0.39, 0.29) is 6.04 Å². The third kappa shape index (κ3) is 7.62. The molecular formula is C10H21NO2. The molecule has 0 fully saturated rings. The molecule has 1 amide bonds. The van der Waals surface area contributed by atoms with Gasteiger partial charge in [-0.25, -0.2) is 4.79 Å². The smallest absolute Gasteiger partial charge is 0.404 e. The number of carboxylic acid groups (broad SMARTS) is 1. The summed E-state index contributed by atoms with van der Waals surface area (Å²) in [5.74, 6) is 0. The Morgan fingerprint density at radius 1 is 1.31 bits per heavy atom. The van der Waals surface area contributed by atoms with Gasteiger partial charge in [0.15, 0.2) is 0 Å². The zero-order valence-electron chi connectivity index (χ0n) is 8.68. The van der Waals surface area contributed by atoms with E-state index >= 15 is 0 Å². The van der Waals surface area contributed by atoms with Crippen LogP contribution in [0.3, 0.4) is 0 Å². The lowest BCUT2D eigenvalue weighted by Crippen LogP contribution is -2.32. The van der Waals surface area contributed by atoms with Crippen molar-refractivity contribution in [2.24, 2.45) is 0 Å². The average molecular weight is 187 g/mol. The standard InChI is InChI=1S/C10H21NO2/c1-3-5-6-7-8-9(4-2)11-10(12)13/h9,11H,3-8H2,1-2H3,(H,12,13). The van der Waals surface area contributed by atoms with Gasteiger partial charge in [0.05, 0.1) is 0 Å². The van der Waals surface area contributed by atoms with Gasteiger partial charge < -0.3 is 10.4 Å². The van der Waals surface area contributed by atoms with Crippen molar-refractivity contribution < 1.29 is 9.90 Å². The van der Waals surface area contributed by atoms with E-state index in [1.54, 1.807) is 0 Å². The highest BCUT2D eigenvalue weighted by Gasteiger charge is 2.07. The highest BCUT2D eigenvalue weighted by Crippen LogP contribution is 2.07. The van der Waals surface area contributed by atoms with E-state index in [1.165, 1.54) is 19.3 Å². The lowest BCUT2D eigenvalue weighted by Gasteiger charge is -2.13. The van der Waals surface area contributed by atoms with Crippen molar-refractivity contribution in [1.29, 1.82) is 0 Å². The van der Waals surface area contributed by atoms with Crippen molar-refractivity contribution in [1.82, 2.24) is 5.32 Å². The minimum atomic E-state index is -0.901. The highest BCUT2D eigenvalue weighted by molar-refractivity contribution is 5.64. The van der Waals surface area contributed by atoms with E-state index in [4.69, 9.17) is 5.11 Å². The molecule has 0 heterocycles. The number of hydrogen-bond acceptors (Lipinski definition) is 1. The summed E-state index contributed by atoms with van der Waals surface area (Å²) in [6.07, 6.45) is 5.79. The SMILES string of the molecule is CCCCCCC(CC)NC(=O)O. The van der Waals surface area contributed by atoms with Gasteiger partial charge in [-0.1, -0.05) is 39.5 Å². The summed E-state index contributed by atoms with van der Waals surface area (Å²) in [4.78, 5) is 10.3. The number of carbonyl (C=O) groups is 1. The van der Waals surface area contributed by atoms with Crippen molar-refractivity contribution >= 4 is 6.09 Å². The average Bonchev–Trinajstić information content (AvgIpc) is 2.09. The number of amides is 1. The molecule has 0 aliphatic rings. The molecule has 0 aliphatic heterocycles. The van der Waals surface area contributed by atoms with Gasteiger partial charge in [0, 0.05) is 6.04 Å². The van der Waals surface area contributed by atoms with Crippen molar-refractivity contribution in [3.05, 3.63) is 0 Å². The van der Waals surface area contributed by atoms with Crippen LogP contribution in [0.5, 0.6) is 0 Å². The lowest BCUT2D eigenvalue weighted by atomic mass is 10.1. The summed E-state index contributed by atoms with van der Waals surface area (Å²) in [6, 6.07) is 0.148. The summed E-state index contributed by atoms with van der Waals surface area (Å²) in [7, 11) is 0. The van der Waals surface area contributed by atoms with E-state index in [1.807, 2.05) is 6.92 Å². The second kappa shape index (κ2) is 7.90. The minimum Gasteiger partial charge on any atom is -0.465 e. The van der Waals surface area contributed by atoms with Crippen molar-refractivity contribution in [3.8, 4) is 0 Å². The molecule has 0 rings (SSSR count). The van der Waals surface area contributed by atoms with E-state index < -0.39 is 6.09 Å². The molecule has 3 nitrogen and oxygen atoms in total. The molecule has 1 atom stereocenters. The van der Waals surface area contributed by atoms with Gasteiger partial charge >= 0.3 is 6.09 Å². The second-order valence-electron chi connectivity index (χ2n) is 3.40. The molecule has 0 spiro atoms. The highest BCUT2D eigenvalue weighted by atomic mass is 16.4. The monoisotopic (exact) mass is 187 g/mol. The molecule has 0 aromatic heterocycles.